The molecule has 0 aliphatic rings. The summed E-state index contributed by atoms with van der Waals surface area (Å²) in [5.41, 5.74) is 3.34. The standard InChI is InChI=1S/C24H34O/c1-17(2)21(18(3)4)14-15-24(6,20-10-8-7-9-11-20)22-16-19(5)12-13-23(22)25/h7-13,16-18,21,25H,14-15H2,1-6H3/t24-/m1/s1. The van der Waals surface area contributed by atoms with Crippen LogP contribution >= 0.6 is 0 Å². The third-order valence-corrected chi connectivity index (χ3v) is 5.85. The molecule has 0 bridgehead atoms. The van der Waals surface area contributed by atoms with Crippen LogP contribution in [0.25, 0.3) is 0 Å². The molecule has 0 aliphatic carbocycles. The lowest BCUT2D eigenvalue weighted by Gasteiger charge is -2.35. The minimum atomic E-state index is -0.181. The Bertz CT molecular complexity index is 664. The highest BCUT2D eigenvalue weighted by molar-refractivity contribution is 5.47. The van der Waals surface area contributed by atoms with Crippen molar-refractivity contribution < 1.29 is 5.11 Å². The molecule has 0 heterocycles. The molecule has 1 N–H and O–H groups in total. The van der Waals surface area contributed by atoms with Crippen LogP contribution in [0.2, 0.25) is 0 Å². The molecule has 0 aliphatic heterocycles. The molecule has 0 radical (unpaired) electrons. The molecule has 136 valence electrons. The average molecular weight is 339 g/mol. The predicted molar refractivity (Wildman–Crippen MR) is 108 cm³/mol. The van der Waals surface area contributed by atoms with Gasteiger partial charge in [0.1, 0.15) is 5.75 Å². The van der Waals surface area contributed by atoms with E-state index in [1.54, 1.807) is 0 Å². The molecule has 0 spiro atoms. The molecule has 1 heteroatoms. The Morgan fingerprint density at radius 3 is 2.08 bits per heavy atom. The number of phenolic OH excluding ortho intramolecular Hbond substituents is 1. The Morgan fingerprint density at radius 1 is 0.920 bits per heavy atom. The SMILES string of the molecule is Cc1ccc(O)c([C@](C)(CCC(C(C)C)C(C)C)c2ccccc2)c1. The summed E-state index contributed by atoms with van der Waals surface area (Å²) >= 11 is 0. The Hall–Kier alpha value is -1.76. The van der Waals surface area contributed by atoms with Gasteiger partial charge in [0.05, 0.1) is 0 Å². The molecular weight excluding hydrogens is 304 g/mol. The van der Waals surface area contributed by atoms with E-state index in [0.29, 0.717) is 23.5 Å². The van der Waals surface area contributed by atoms with Crippen LogP contribution in [-0.2, 0) is 5.41 Å². The van der Waals surface area contributed by atoms with Crippen LogP contribution in [-0.4, -0.2) is 5.11 Å². The first-order valence-electron chi connectivity index (χ1n) is 9.61. The van der Waals surface area contributed by atoms with Crippen molar-refractivity contribution >= 4 is 0 Å². The quantitative estimate of drug-likeness (QED) is 0.594. The monoisotopic (exact) mass is 338 g/mol. The summed E-state index contributed by atoms with van der Waals surface area (Å²) < 4.78 is 0. The Balaban J connectivity index is 2.45. The summed E-state index contributed by atoms with van der Waals surface area (Å²) in [5.74, 6) is 2.44. The molecule has 0 saturated heterocycles. The van der Waals surface area contributed by atoms with E-state index >= 15 is 0 Å². The Kier molecular flexibility index (Phi) is 6.32. The molecule has 2 aromatic rings. The van der Waals surface area contributed by atoms with Crippen LogP contribution < -0.4 is 0 Å². The smallest absolute Gasteiger partial charge is 0.119 e. The van der Waals surface area contributed by atoms with Gasteiger partial charge in [-0.3, -0.25) is 0 Å². The van der Waals surface area contributed by atoms with Crippen molar-refractivity contribution in [1.82, 2.24) is 0 Å². The van der Waals surface area contributed by atoms with Crippen molar-refractivity contribution in [2.75, 3.05) is 0 Å². The molecule has 1 nitrogen and oxygen atoms in total. The van der Waals surface area contributed by atoms with Crippen LogP contribution in [0.1, 0.15) is 64.2 Å². The summed E-state index contributed by atoms with van der Waals surface area (Å²) in [7, 11) is 0. The fraction of sp³-hybridized carbons (Fsp3) is 0.500. The summed E-state index contributed by atoms with van der Waals surface area (Å²) in [5, 5.41) is 10.6. The van der Waals surface area contributed by atoms with Crippen LogP contribution in [0.15, 0.2) is 48.5 Å². The van der Waals surface area contributed by atoms with Gasteiger partial charge in [0.25, 0.3) is 0 Å². The van der Waals surface area contributed by atoms with E-state index in [2.05, 4.69) is 77.9 Å². The highest BCUT2D eigenvalue weighted by atomic mass is 16.3. The van der Waals surface area contributed by atoms with Crippen LogP contribution in [0.4, 0.5) is 0 Å². The first kappa shape index (κ1) is 19.6. The lowest BCUT2D eigenvalue weighted by Crippen LogP contribution is -2.27. The lowest BCUT2D eigenvalue weighted by atomic mass is 9.69. The molecule has 0 saturated carbocycles. The maximum Gasteiger partial charge on any atom is 0.119 e. The summed E-state index contributed by atoms with van der Waals surface area (Å²) in [4.78, 5) is 0. The highest BCUT2D eigenvalue weighted by Crippen LogP contribution is 2.43. The normalized spacial score (nSPS) is 14.3. The average Bonchev–Trinajstić information content (AvgIpc) is 2.57. The third kappa shape index (κ3) is 4.45. The van der Waals surface area contributed by atoms with Crippen LogP contribution in [0.5, 0.6) is 5.75 Å². The maximum absolute atomic E-state index is 10.6. The molecular formula is C24H34O. The maximum atomic E-state index is 10.6. The van der Waals surface area contributed by atoms with E-state index in [-0.39, 0.29) is 5.41 Å². The van der Waals surface area contributed by atoms with Crippen molar-refractivity contribution in [3.8, 4) is 5.75 Å². The summed E-state index contributed by atoms with van der Waals surface area (Å²) in [6.07, 6.45) is 2.20. The van der Waals surface area contributed by atoms with Crippen molar-refractivity contribution in [1.29, 1.82) is 0 Å². The van der Waals surface area contributed by atoms with Gasteiger partial charge in [0.2, 0.25) is 0 Å². The Labute approximate surface area is 154 Å². The topological polar surface area (TPSA) is 20.2 Å². The van der Waals surface area contributed by atoms with Gasteiger partial charge in [0, 0.05) is 11.0 Å². The first-order chi connectivity index (χ1) is 11.8. The number of benzene rings is 2. The third-order valence-electron chi connectivity index (χ3n) is 5.85. The van der Waals surface area contributed by atoms with Gasteiger partial charge >= 0.3 is 0 Å². The van der Waals surface area contributed by atoms with E-state index in [4.69, 9.17) is 0 Å². The number of hydrogen-bond donors (Lipinski definition) is 1. The molecule has 2 aromatic carbocycles. The number of aryl methyl sites for hydroxylation is 1. The van der Waals surface area contributed by atoms with E-state index in [9.17, 15) is 5.11 Å². The minimum Gasteiger partial charge on any atom is -0.508 e. The Morgan fingerprint density at radius 2 is 1.52 bits per heavy atom. The molecule has 1 atom stereocenters. The van der Waals surface area contributed by atoms with E-state index < -0.39 is 0 Å². The van der Waals surface area contributed by atoms with E-state index in [0.717, 1.165) is 18.4 Å². The van der Waals surface area contributed by atoms with Crippen molar-refractivity contribution in [3.63, 3.8) is 0 Å². The van der Waals surface area contributed by atoms with Gasteiger partial charge in [0.15, 0.2) is 0 Å². The molecule has 0 amide bonds. The van der Waals surface area contributed by atoms with Crippen molar-refractivity contribution in [3.05, 3.63) is 65.2 Å². The van der Waals surface area contributed by atoms with E-state index in [1.165, 1.54) is 11.1 Å². The molecule has 0 fully saturated rings. The van der Waals surface area contributed by atoms with Crippen molar-refractivity contribution in [2.24, 2.45) is 17.8 Å². The summed E-state index contributed by atoms with van der Waals surface area (Å²) in [6.45, 7) is 13.7. The second kappa shape index (κ2) is 8.08. The van der Waals surface area contributed by atoms with E-state index in [1.807, 2.05) is 12.1 Å². The predicted octanol–water partition coefficient (Wildman–Crippen LogP) is 6.72. The van der Waals surface area contributed by atoms with Crippen LogP contribution in [0, 0.1) is 24.7 Å². The fourth-order valence-electron chi connectivity index (χ4n) is 4.22. The lowest BCUT2D eigenvalue weighted by molar-refractivity contribution is 0.247. The van der Waals surface area contributed by atoms with Gasteiger partial charge in [-0.1, -0.05) is 82.6 Å². The number of hydrogen-bond acceptors (Lipinski definition) is 1. The second-order valence-corrected chi connectivity index (χ2v) is 8.41. The molecule has 0 aromatic heterocycles. The zero-order valence-corrected chi connectivity index (χ0v) is 16.7. The molecule has 2 rings (SSSR count). The summed E-state index contributed by atoms with van der Waals surface area (Å²) in [6, 6.07) is 16.6. The highest BCUT2D eigenvalue weighted by Gasteiger charge is 2.33. The van der Waals surface area contributed by atoms with Gasteiger partial charge in [-0.25, -0.2) is 0 Å². The molecule has 25 heavy (non-hydrogen) atoms. The van der Waals surface area contributed by atoms with Crippen molar-refractivity contribution in [2.45, 2.75) is 59.8 Å². The van der Waals surface area contributed by atoms with Crippen LogP contribution in [0.3, 0.4) is 0 Å². The number of phenols is 1. The minimum absolute atomic E-state index is 0.181. The largest absolute Gasteiger partial charge is 0.508 e. The van der Waals surface area contributed by atoms with Gasteiger partial charge in [-0.2, -0.15) is 0 Å². The van der Waals surface area contributed by atoms with Gasteiger partial charge in [-0.05, 0) is 49.1 Å². The number of aromatic hydroxyl groups is 1. The zero-order valence-electron chi connectivity index (χ0n) is 16.7. The fourth-order valence-corrected chi connectivity index (χ4v) is 4.22. The van der Waals surface area contributed by atoms with Gasteiger partial charge in [-0.15, -0.1) is 0 Å². The van der Waals surface area contributed by atoms with Gasteiger partial charge < -0.3 is 5.11 Å². The molecule has 0 unspecified atom stereocenters. The number of rotatable bonds is 7. The second-order valence-electron chi connectivity index (χ2n) is 8.41. The first-order valence-corrected chi connectivity index (χ1v) is 9.61. The zero-order chi connectivity index (χ0) is 18.6.